The normalized spacial score (nSPS) is 23.5. The fraction of sp³-hybridized carbons (Fsp3) is 0.400. The lowest BCUT2D eigenvalue weighted by atomic mass is 9.82. The Hall–Kier alpha value is -5.45. The van der Waals surface area contributed by atoms with Crippen LogP contribution < -0.4 is 20.0 Å². The Morgan fingerprint density at radius 1 is 0.933 bits per heavy atom. The minimum Gasteiger partial charge on any atom is -0.432 e. The van der Waals surface area contributed by atoms with Gasteiger partial charge < -0.3 is 34.7 Å². The first kappa shape index (κ1) is 41.3. The number of carbonyl (C=O) groups excluding carboxylic acids is 3. The number of rotatable bonds is 12. The second-order valence-corrected chi connectivity index (χ2v) is 21.0. The zero-order valence-corrected chi connectivity index (χ0v) is 35.2. The molecule has 0 saturated carbocycles. The van der Waals surface area contributed by atoms with Crippen LogP contribution in [0.5, 0.6) is 0 Å². The number of non-ortho nitro benzene ring substituents is 1. The molecule has 60 heavy (non-hydrogen) atoms. The first-order valence-corrected chi connectivity index (χ1v) is 23.7. The Balaban J connectivity index is 1.09. The second-order valence-electron chi connectivity index (χ2n) is 17.0. The molecule has 3 fully saturated rings. The summed E-state index contributed by atoms with van der Waals surface area (Å²) in [6.07, 6.45) is 0.330. The Bertz CT molecular complexity index is 2250. The third kappa shape index (κ3) is 7.17. The average molecular weight is 833 g/mol. The van der Waals surface area contributed by atoms with E-state index in [0.29, 0.717) is 30.8 Å². The summed E-state index contributed by atoms with van der Waals surface area (Å²) < 4.78 is 6.85. The van der Waals surface area contributed by atoms with Crippen LogP contribution in [0.2, 0.25) is 18.6 Å². The molecule has 4 aromatic rings. The lowest BCUT2D eigenvalue weighted by molar-refractivity contribution is -0.385. The molecule has 314 valence electrons. The lowest BCUT2D eigenvalue weighted by Crippen LogP contribution is -2.55. The summed E-state index contributed by atoms with van der Waals surface area (Å²) in [6, 6.07) is 31.3. The van der Waals surface area contributed by atoms with Gasteiger partial charge in [0.05, 0.1) is 43.0 Å². The van der Waals surface area contributed by atoms with E-state index in [2.05, 4.69) is 10.2 Å². The minimum atomic E-state index is -3.18. The van der Waals surface area contributed by atoms with E-state index in [1.807, 2.05) is 96.8 Å². The van der Waals surface area contributed by atoms with Crippen molar-refractivity contribution in [3.05, 3.63) is 130 Å². The molecule has 3 saturated heterocycles. The number of nitrogens with one attached hydrogen (secondary N) is 1. The summed E-state index contributed by atoms with van der Waals surface area (Å²) >= 11 is 0. The molecule has 15 heteroatoms. The van der Waals surface area contributed by atoms with E-state index < -0.39 is 47.9 Å². The summed E-state index contributed by atoms with van der Waals surface area (Å²) in [5, 5.41) is 25.4. The summed E-state index contributed by atoms with van der Waals surface area (Å²) in [6.45, 7) is 7.43. The van der Waals surface area contributed by atoms with Crippen LogP contribution in [-0.4, -0.2) is 90.3 Å². The van der Waals surface area contributed by atoms with Crippen LogP contribution in [0.25, 0.3) is 0 Å². The number of piperidine rings is 1. The predicted octanol–water partition coefficient (Wildman–Crippen LogP) is 5.28. The second kappa shape index (κ2) is 16.2. The van der Waals surface area contributed by atoms with Crippen molar-refractivity contribution in [1.29, 1.82) is 0 Å². The van der Waals surface area contributed by atoms with E-state index in [0.717, 1.165) is 35.6 Å². The standard InChI is InChI=1S/C45H52N6O8Si/c1-31-41(60(2,3)58)39(27-40(53)47(24-25-52)28-32-10-6-4-7-11-32)59-45(31)37-26-36(51(56)57)18-19-38(37)48(43(45)55)29-33-14-16-34(17-15-33)49-30-50(35-12-8-5-9-13-35)44(42(49)54)20-22-46-23-21-44/h4-19,26,31,39,41,46,52,58H,20-25,27-30H2,1-3H3/t31-,39+,41-,45+/m0/s1. The number of fused-ring (bicyclic) bond motifs is 2. The smallest absolute Gasteiger partial charge is 0.269 e. The van der Waals surface area contributed by atoms with Crippen molar-refractivity contribution in [2.24, 2.45) is 5.92 Å². The molecule has 14 nitrogen and oxygen atoms in total. The van der Waals surface area contributed by atoms with Crippen molar-refractivity contribution in [3.63, 3.8) is 0 Å². The quantitative estimate of drug-likeness (QED) is 0.0971. The van der Waals surface area contributed by atoms with Gasteiger partial charge in [0, 0.05) is 53.6 Å². The molecule has 2 spiro atoms. The summed E-state index contributed by atoms with van der Waals surface area (Å²) in [7, 11) is -3.18. The van der Waals surface area contributed by atoms with E-state index in [1.165, 1.54) is 12.1 Å². The van der Waals surface area contributed by atoms with Crippen LogP contribution in [0.3, 0.4) is 0 Å². The van der Waals surface area contributed by atoms with E-state index in [9.17, 15) is 29.6 Å². The van der Waals surface area contributed by atoms with Crippen LogP contribution >= 0.6 is 0 Å². The molecule has 4 atom stereocenters. The maximum atomic E-state index is 15.1. The van der Waals surface area contributed by atoms with Crippen molar-refractivity contribution in [2.45, 2.75) is 75.2 Å². The molecule has 0 aromatic heterocycles. The fourth-order valence-electron chi connectivity index (χ4n) is 10.2. The molecule has 3 amide bonds. The van der Waals surface area contributed by atoms with Crippen LogP contribution in [0.1, 0.15) is 42.9 Å². The van der Waals surface area contributed by atoms with Crippen molar-refractivity contribution in [2.75, 3.05) is 47.6 Å². The van der Waals surface area contributed by atoms with Crippen molar-refractivity contribution in [3.8, 4) is 0 Å². The molecule has 0 bridgehead atoms. The third-order valence-electron chi connectivity index (χ3n) is 13.0. The van der Waals surface area contributed by atoms with Gasteiger partial charge in [-0.05, 0) is 80.5 Å². The highest BCUT2D eigenvalue weighted by Gasteiger charge is 2.67. The highest BCUT2D eigenvalue weighted by molar-refractivity contribution is 6.71. The molecule has 4 aliphatic rings. The first-order chi connectivity index (χ1) is 28.8. The van der Waals surface area contributed by atoms with E-state index in [4.69, 9.17) is 4.74 Å². The number of hydrogen-bond acceptors (Lipinski definition) is 10. The number of nitro benzene ring substituents is 1. The van der Waals surface area contributed by atoms with Crippen molar-refractivity contribution >= 4 is 48.8 Å². The maximum Gasteiger partial charge on any atom is 0.269 e. The monoisotopic (exact) mass is 832 g/mol. The average Bonchev–Trinajstić information content (AvgIpc) is 3.78. The Kier molecular flexibility index (Phi) is 11.1. The Labute approximate surface area is 350 Å². The van der Waals surface area contributed by atoms with Gasteiger partial charge in [-0.1, -0.05) is 67.6 Å². The molecule has 4 heterocycles. The molecule has 3 N–H and O–H groups in total. The molecular formula is C45H52N6O8Si. The van der Waals surface area contributed by atoms with Gasteiger partial charge in [0.1, 0.15) is 5.54 Å². The molecule has 4 aromatic carbocycles. The van der Waals surface area contributed by atoms with Gasteiger partial charge in [0.15, 0.2) is 13.9 Å². The van der Waals surface area contributed by atoms with Crippen molar-refractivity contribution < 1.29 is 33.9 Å². The number of aliphatic hydroxyl groups is 1. The van der Waals surface area contributed by atoms with Crippen LogP contribution in [-0.2, 0) is 37.8 Å². The zero-order chi connectivity index (χ0) is 42.4. The molecule has 4 aliphatic heterocycles. The van der Waals surface area contributed by atoms with Crippen LogP contribution in [0.4, 0.5) is 22.7 Å². The Morgan fingerprint density at radius 3 is 2.23 bits per heavy atom. The topological polar surface area (TPSA) is 169 Å². The van der Waals surface area contributed by atoms with E-state index in [1.54, 1.807) is 29.0 Å². The van der Waals surface area contributed by atoms with Gasteiger partial charge in [-0.25, -0.2) is 0 Å². The summed E-state index contributed by atoms with van der Waals surface area (Å²) in [4.78, 5) is 74.0. The lowest BCUT2D eigenvalue weighted by Gasteiger charge is -2.39. The molecule has 0 unspecified atom stereocenters. The number of anilines is 3. The third-order valence-corrected chi connectivity index (χ3v) is 15.5. The van der Waals surface area contributed by atoms with Crippen LogP contribution in [0, 0.1) is 16.0 Å². The van der Waals surface area contributed by atoms with Crippen molar-refractivity contribution in [1.82, 2.24) is 10.2 Å². The van der Waals surface area contributed by atoms with E-state index >= 15 is 4.79 Å². The SMILES string of the molecule is C[C@H]1[C@H]([Si](C)(C)O)[C@@H](CC(=O)N(CCO)Cc2ccccc2)O[C@]12C(=O)N(Cc1ccc(N3CN(c4ccccc4)C4(CCNCC4)C3=O)cc1)c1ccc([N+](=O)[O-])cc12. The predicted molar refractivity (Wildman–Crippen MR) is 230 cm³/mol. The van der Waals surface area contributed by atoms with Gasteiger partial charge >= 0.3 is 0 Å². The zero-order valence-electron chi connectivity index (χ0n) is 34.2. The number of carbonyl (C=O) groups is 3. The van der Waals surface area contributed by atoms with Gasteiger partial charge in [0.2, 0.25) is 5.91 Å². The summed E-state index contributed by atoms with van der Waals surface area (Å²) in [5.41, 5.74) is 0.995. The van der Waals surface area contributed by atoms with Gasteiger partial charge in [-0.15, -0.1) is 0 Å². The largest absolute Gasteiger partial charge is 0.432 e. The number of aliphatic hydroxyl groups excluding tert-OH is 1. The van der Waals surface area contributed by atoms with Crippen LogP contribution in [0.15, 0.2) is 103 Å². The minimum absolute atomic E-state index is 0.0534. The fourth-order valence-corrected chi connectivity index (χ4v) is 12.7. The molecule has 0 aliphatic carbocycles. The number of nitro groups is 1. The number of hydrogen-bond donors (Lipinski definition) is 3. The maximum absolute atomic E-state index is 15.1. The van der Waals surface area contributed by atoms with Gasteiger partial charge in [0.25, 0.3) is 17.5 Å². The molecule has 8 rings (SSSR count). The number of nitrogens with zero attached hydrogens (tertiary/aromatic N) is 5. The highest BCUT2D eigenvalue weighted by Crippen LogP contribution is 2.60. The number of ether oxygens (including phenoxy) is 1. The molecule has 0 radical (unpaired) electrons. The molecular weight excluding hydrogens is 781 g/mol. The highest BCUT2D eigenvalue weighted by atomic mass is 28.4. The number of amides is 3. The van der Waals surface area contributed by atoms with Gasteiger partial charge in [-0.2, -0.15) is 0 Å². The number of benzene rings is 4. The summed E-state index contributed by atoms with van der Waals surface area (Å²) in [5.74, 6) is -1.33. The Morgan fingerprint density at radius 2 is 1.60 bits per heavy atom. The van der Waals surface area contributed by atoms with E-state index in [-0.39, 0.29) is 50.2 Å². The van der Waals surface area contributed by atoms with Gasteiger partial charge in [-0.3, -0.25) is 29.4 Å². The number of para-hydroxylation sites is 1. The first-order valence-electron chi connectivity index (χ1n) is 20.7.